The van der Waals surface area contributed by atoms with Crippen LogP contribution in [0.2, 0.25) is 0 Å². The van der Waals surface area contributed by atoms with E-state index in [2.05, 4.69) is 46.9 Å². The quantitative estimate of drug-likeness (QED) is 0.386. The molecule has 0 spiro atoms. The van der Waals surface area contributed by atoms with Gasteiger partial charge in [-0.1, -0.05) is 44.3 Å². The number of carbonyl (C=O) groups excluding carboxylic acids is 1. The van der Waals surface area contributed by atoms with Gasteiger partial charge in [0, 0.05) is 32.6 Å². The SMILES string of the molecule is C=CCO.C=CN=C(C=NC)c1nc(N2CCCCC2)sc1C(=O)OCC.CCC. The highest BCUT2D eigenvalue weighted by Gasteiger charge is 2.25. The molecule has 0 aliphatic carbocycles. The minimum atomic E-state index is -0.371. The van der Waals surface area contributed by atoms with Crippen molar-refractivity contribution in [3.8, 4) is 0 Å². The monoisotopic (exact) mass is 436 g/mol. The van der Waals surface area contributed by atoms with Gasteiger partial charge in [-0.15, -0.1) is 6.58 Å². The van der Waals surface area contributed by atoms with Crippen molar-refractivity contribution < 1.29 is 14.6 Å². The maximum absolute atomic E-state index is 12.3. The van der Waals surface area contributed by atoms with Crippen LogP contribution in [0.3, 0.4) is 0 Å². The minimum absolute atomic E-state index is 0.0833. The summed E-state index contributed by atoms with van der Waals surface area (Å²) >= 11 is 1.36. The highest BCUT2D eigenvalue weighted by molar-refractivity contribution is 7.17. The summed E-state index contributed by atoms with van der Waals surface area (Å²) in [6.07, 6.45) is 9.22. The van der Waals surface area contributed by atoms with E-state index in [4.69, 9.17) is 9.84 Å². The summed E-state index contributed by atoms with van der Waals surface area (Å²) < 4.78 is 5.16. The summed E-state index contributed by atoms with van der Waals surface area (Å²) in [5.41, 5.74) is 1.03. The number of thiazole rings is 1. The third-order valence-corrected chi connectivity index (χ3v) is 4.65. The fourth-order valence-corrected chi connectivity index (χ4v) is 3.43. The number of rotatable bonds is 7. The third kappa shape index (κ3) is 9.93. The Hall–Kier alpha value is -2.32. The molecule has 7 nitrogen and oxygen atoms in total. The molecule has 1 aliphatic rings. The van der Waals surface area contributed by atoms with E-state index < -0.39 is 0 Å². The van der Waals surface area contributed by atoms with E-state index in [0.717, 1.165) is 31.1 Å². The van der Waals surface area contributed by atoms with Crippen molar-refractivity contribution in [3.05, 3.63) is 36.0 Å². The van der Waals surface area contributed by atoms with Crippen LogP contribution in [0.15, 0.2) is 35.4 Å². The summed E-state index contributed by atoms with van der Waals surface area (Å²) in [5, 5.41) is 8.59. The number of piperidine rings is 1. The number of nitrogens with zero attached hydrogens (tertiary/aromatic N) is 4. The number of aromatic nitrogens is 1. The Morgan fingerprint density at radius 1 is 1.27 bits per heavy atom. The van der Waals surface area contributed by atoms with E-state index in [9.17, 15) is 4.79 Å². The van der Waals surface area contributed by atoms with Gasteiger partial charge in [-0.05, 0) is 26.2 Å². The normalized spacial score (nSPS) is 13.6. The number of aliphatic hydroxyl groups excluding tert-OH is 1. The number of aliphatic hydroxyl groups is 1. The summed E-state index contributed by atoms with van der Waals surface area (Å²) in [7, 11) is 1.65. The van der Waals surface area contributed by atoms with Crippen molar-refractivity contribution in [1.29, 1.82) is 0 Å². The molecule has 0 unspecified atom stereocenters. The number of hydrogen-bond donors (Lipinski definition) is 1. The van der Waals surface area contributed by atoms with Crippen LogP contribution in [-0.2, 0) is 4.74 Å². The van der Waals surface area contributed by atoms with Gasteiger partial charge in [0.15, 0.2) is 5.13 Å². The molecular weight excluding hydrogens is 400 g/mol. The fraction of sp³-hybridized carbons (Fsp3) is 0.545. The molecule has 168 valence electrons. The van der Waals surface area contributed by atoms with Crippen LogP contribution in [0.5, 0.6) is 0 Å². The lowest BCUT2D eigenvalue weighted by Gasteiger charge is -2.25. The second-order valence-electron chi connectivity index (χ2n) is 6.20. The number of anilines is 1. The molecule has 30 heavy (non-hydrogen) atoms. The van der Waals surface area contributed by atoms with Gasteiger partial charge in [0.25, 0.3) is 0 Å². The van der Waals surface area contributed by atoms with E-state index in [1.807, 2.05) is 0 Å². The van der Waals surface area contributed by atoms with E-state index in [1.54, 1.807) is 20.2 Å². The van der Waals surface area contributed by atoms with Crippen LogP contribution in [0, 0.1) is 0 Å². The average Bonchev–Trinajstić information content (AvgIpc) is 3.21. The van der Waals surface area contributed by atoms with Crippen LogP contribution >= 0.6 is 11.3 Å². The molecule has 1 aromatic rings. The highest BCUT2D eigenvalue weighted by Crippen LogP contribution is 2.29. The van der Waals surface area contributed by atoms with Gasteiger partial charge in [-0.3, -0.25) is 9.98 Å². The summed E-state index contributed by atoms with van der Waals surface area (Å²) in [4.78, 5) is 27.8. The number of ether oxygens (including phenoxy) is 1. The number of carbonyl (C=O) groups is 1. The molecule has 2 rings (SSSR count). The Balaban J connectivity index is 0.00000105. The molecule has 0 amide bonds. The second-order valence-corrected chi connectivity index (χ2v) is 7.18. The Morgan fingerprint density at radius 2 is 1.87 bits per heavy atom. The Morgan fingerprint density at radius 3 is 2.33 bits per heavy atom. The summed E-state index contributed by atoms with van der Waals surface area (Å²) in [5.74, 6) is -0.371. The Kier molecular flexibility index (Phi) is 16.2. The fourth-order valence-electron chi connectivity index (χ4n) is 2.41. The van der Waals surface area contributed by atoms with Crippen molar-refractivity contribution in [2.75, 3.05) is 38.3 Å². The maximum atomic E-state index is 12.3. The Labute approximate surface area is 184 Å². The van der Waals surface area contributed by atoms with E-state index in [-0.39, 0.29) is 12.6 Å². The molecule has 1 fully saturated rings. The molecule has 0 saturated carbocycles. The molecule has 1 N–H and O–H groups in total. The average molecular weight is 437 g/mol. The first-order chi connectivity index (χ1) is 14.5. The Bertz CT molecular complexity index is 693. The molecule has 1 saturated heterocycles. The van der Waals surface area contributed by atoms with Crippen molar-refractivity contribution in [1.82, 2.24) is 4.98 Å². The third-order valence-electron chi connectivity index (χ3n) is 3.56. The van der Waals surface area contributed by atoms with Gasteiger partial charge in [-0.25, -0.2) is 9.78 Å². The molecule has 0 atom stereocenters. The van der Waals surface area contributed by atoms with Crippen molar-refractivity contribution >= 4 is 34.4 Å². The molecule has 1 aliphatic heterocycles. The van der Waals surface area contributed by atoms with Crippen LogP contribution in [0.1, 0.15) is 61.8 Å². The van der Waals surface area contributed by atoms with Crippen LogP contribution in [0.4, 0.5) is 5.13 Å². The number of hydrogen-bond acceptors (Lipinski definition) is 8. The van der Waals surface area contributed by atoms with Gasteiger partial charge in [0.2, 0.25) is 0 Å². The van der Waals surface area contributed by atoms with Gasteiger partial charge in [-0.2, -0.15) is 0 Å². The lowest BCUT2D eigenvalue weighted by atomic mass is 10.1. The largest absolute Gasteiger partial charge is 0.462 e. The maximum Gasteiger partial charge on any atom is 0.350 e. The first-order valence-corrected chi connectivity index (χ1v) is 11.1. The summed E-state index contributed by atoms with van der Waals surface area (Å²) in [6, 6.07) is 0. The zero-order chi connectivity index (χ0) is 22.8. The van der Waals surface area contributed by atoms with Gasteiger partial charge >= 0.3 is 5.97 Å². The van der Waals surface area contributed by atoms with Gasteiger partial charge in [0.1, 0.15) is 16.3 Å². The van der Waals surface area contributed by atoms with Crippen LogP contribution < -0.4 is 4.90 Å². The predicted molar refractivity (Wildman–Crippen MR) is 129 cm³/mol. The molecular formula is C22H36N4O3S. The van der Waals surface area contributed by atoms with Gasteiger partial charge in [0.05, 0.1) is 13.2 Å². The smallest absolute Gasteiger partial charge is 0.350 e. The molecule has 1 aromatic heterocycles. The van der Waals surface area contributed by atoms with E-state index in [1.165, 1.54) is 36.5 Å². The van der Waals surface area contributed by atoms with Crippen LogP contribution in [0.25, 0.3) is 0 Å². The highest BCUT2D eigenvalue weighted by atomic mass is 32.1. The first kappa shape index (κ1) is 27.7. The lowest BCUT2D eigenvalue weighted by molar-refractivity contribution is 0.0531. The van der Waals surface area contributed by atoms with Crippen molar-refractivity contribution in [3.63, 3.8) is 0 Å². The van der Waals surface area contributed by atoms with Crippen molar-refractivity contribution in [2.24, 2.45) is 9.98 Å². The molecule has 0 radical (unpaired) electrons. The molecule has 0 bridgehead atoms. The number of esters is 1. The van der Waals surface area contributed by atoms with E-state index in [0.29, 0.717) is 22.9 Å². The second kappa shape index (κ2) is 17.5. The summed E-state index contributed by atoms with van der Waals surface area (Å²) in [6.45, 7) is 15.2. The molecule has 8 heteroatoms. The van der Waals surface area contributed by atoms with Crippen molar-refractivity contribution in [2.45, 2.75) is 46.5 Å². The van der Waals surface area contributed by atoms with Crippen LogP contribution in [-0.4, -0.2) is 61.3 Å². The number of aliphatic imine (C=N–C) groups is 2. The standard InChI is InChI=1S/C16H22N4O2S.C3H6O.C3H8/c1-4-18-12(11-17-3)13-14(15(21)22-5-2)23-16(19-13)20-9-7-6-8-10-20;1-2-3-4;1-3-2/h4,11H,1,5-10H2,2-3H3;2,4H,1,3H2;3H2,1-2H3. The van der Waals surface area contributed by atoms with Gasteiger partial charge < -0.3 is 14.7 Å². The lowest BCUT2D eigenvalue weighted by Crippen LogP contribution is -2.29. The molecule has 2 heterocycles. The first-order valence-electron chi connectivity index (χ1n) is 10.3. The topological polar surface area (TPSA) is 87.4 Å². The minimum Gasteiger partial charge on any atom is -0.462 e. The zero-order valence-electron chi connectivity index (χ0n) is 18.8. The van der Waals surface area contributed by atoms with E-state index >= 15 is 0 Å². The predicted octanol–water partition coefficient (Wildman–Crippen LogP) is 4.52. The molecule has 0 aromatic carbocycles. The zero-order valence-corrected chi connectivity index (χ0v) is 19.6.